The van der Waals surface area contributed by atoms with Crippen LogP contribution in [0.25, 0.3) is 40.2 Å². The molecule has 0 saturated carbocycles. The molecule has 0 fully saturated rings. The summed E-state index contributed by atoms with van der Waals surface area (Å²) in [7, 11) is 0. The minimum absolute atomic E-state index is 0.0914. The van der Waals surface area contributed by atoms with Crippen molar-refractivity contribution in [1.29, 1.82) is 0 Å². The van der Waals surface area contributed by atoms with E-state index in [0.29, 0.717) is 29.7 Å². The molecule has 0 heterocycles. The average Bonchev–Trinajstić information content (AvgIpc) is 2.93. The van der Waals surface area contributed by atoms with Crippen molar-refractivity contribution in [3.63, 3.8) is 0 Å². The van der Waals surface area contributed by atoms with E-state index in [1.54, 1.807) is 30.4 Å². The number of benzene rings is 4. The van der Waals surface area contributed by atoms with E-state index in [9.17, 15) is 30.7 Å². The molecule has 0 saturated heterocycles. The fourth-order valence-electron chi connectivity index (χ4n) is 3.86. The van der Waals surface area contributed by atoms with Gasteiger partial charge in [0.25, 0.3) is 0 Å². The second-order valence-corrected chi connectivity index (χ2v) is 8.62. The third kappa shape index (κ3) is 6.37. The number of allylic oxidation sites excluding steroid dienone is 3. The van der Waals surface area contributed by atoms with Crippen molar-refractivity contribution in [1.82, 2.24) is 0 Å². The van der Waals surface area contributed by atoms with E-state index in [-0.39, 0.29) is 27.8 Å². The van der Waals surface area contributed by atoms with Gasteiger partial charge in [-0.1, -0.05) is 73.7 Å². The SMILES string of the molecule is CC/C=C/C(F)=C(\F)c1ccc(/C=C/c2ccc(-c3ccc(-c4cc(F)c(F)c(F)c4)c(F)c3)c(F)c2)cc1. The van der Waals surface area contributed by atoms with Crippen LogP contribution in [0.15, 0.2) is 90.8 Å². The second kappa shape index (κ2) is 12.0. The summed E-state index contributed by atoms with van der Waals surface area (Å²) in [6.07, 6.45) is 6.47. The first kappa shape index (κ1) is 27.6. The Hall–Kier alpha value is -4.39. The third-order valence-corrected chi connectivity index (χ3v) is 5.91. The summed E-state index contributed by atoms with van der Waals surface area (Å²) in [4.78, 5) is 0. The average molecular weight is 539 g/mol. The van der Waals surface area contributed by atoms with E-state index in [1.165, 1.54) is 42.5 Å². The van der Waals surface area contributed by atoms with Gasteiger partial charge in [0.05, 0.1) is 0 Å². The van der Waals surface area contributed by atoms with Crippen molar-refractivity contribution in [3.05, 3.63) is 137 Å². The highest BCUT2D eigenvalue weighted by molar-refractivity contribution is 5.75. The summed E-state index contributed by atoms with van der Waals surface area (Å²) < 4.78 is 97.9. The predicted octanol–water partition coefficient (Wildman–Crippen LogP) is 10.5. The van der Waals surface area contributed by atoms with Crippen molar-refractivity contribution in [2.45, 2.75) is 13.3 Å². The Bertz CT molecular complexity index is 1570. The van der Waals surface area contributed by atoms with Crippen molar-refractivity contribution in [2.24, 2.45) is 0 Å². The molecular weight excluding hydrogens is 517 g/mol. The molecule has 4 aromatic rings. The molecule has 0 radical (unpaired) electrons. The summed E-state index contributed by atoms with van der Waals surface area (Å²) in [5.74, 6) is -7.97. The summed E-state index contributed by atoms with van der Waals surface area (Å²) >= 11 is 0. The van der Waals surface area contributed by atoms with E-state index >= 15 is 0 Å². The molecule has 0 spiro atoms. The van der Waals surface area contributed by atoms with Crippen LogP contribution in [0.2, 0.25) is 0 Å². The summed E-state index contributed by atoms with van der Waals surface area (Å²) in [5.41, 5.74) is 1.19. The molecule has 198 valence electrons. The van der Waals surface area contributed by atoms with Crippen LogP contribution >= 0.6 is 0 Å². The van der Waals surface area contributed by atoms with E-state index in [1.807, 2.05) is 6.92 Å². The van der Waals surface area contributed by atoms with Crippen LogP contribution in [-0.4, -0.2) is 0 Å². The van der Waals surface area contributed by atoms with Gasteiger partial charge in [-0.2, -0.15) is 0 Å². The van der Waals surface area contributed by atoms with Crippen molar-refractivity contribution in [2.75, 3.05) is 0 Å². The summed E-state index contributed by atoms with van der Waals surface area (Å²) in [6, 6.07) is 15.4. The Kier molecular flexibility index (Phi) is 8.49. The molecule has 0 N–H and O–H groups in total. The Morgan fingerprint density at radius 1 is 0.615 bits per heavy atom. The lowest BCUT2D eigenvalue weighted by Gasteiger charge is -2.09. The first-order valence-electron chi connectivity index (χ1n) is 11.9. The highest BCUT2D eigenvalue weighted by Crippen LogP contribution is 2.31. The molecule has 4 rings (SSSR count). The lowest BCUT2D eigenvalue weighted by molar-refractivity contribution is 0.447. The van der Waals surface area contributed by atoms with Crippen LogP contribution in [0.3, 0.4) is 0 Å². The molecule has 0 unspecified atom stereocenters. The smallest absolute Gasteiger partial charge is 0.194 e. The van der Waals surface area contributed by atoms with E-state index < -0.39 is 40.7 Å². The number of rotatable bonds is 7. The lowest BCUT2D eigenvalue weighted by Crippen LogP contribution is -1.94. The van der Waals surface area contributed by atoms with Crippen LogP contribution in [0.4, 0.5) is 30.7 Å². The maximum atomic E-state index is 14.9. The Morgan fingerprint density at radius 3 is 1.77 bits per heavy atom. The molecule has 4 aromatic carbocycles. The van der Waals surface area contributed by atoms with E-state index in [2.05, 4.69) is 0 Å². The van der Waals surface area contributed by atoms with Crippen molar-refractivity contribution < 1.29 is 30.7 Å². The van der Waals surface area contributed by atoms with Gasteiger partial charge in [0.15, 0.2) is 29.1 Å². The number of halogens is 7. The first-order chi connectivity index (χ1) is 18.7. The number of hydrogen-bond acceptors (Lipinski definition) is 0. The molecule has 0 aliphatic carbocycles. The maximum absolute atomic E-state index is 14.9. The topological polar surface area (TPSA) is 0 Å². The highest BCUT2D eigenvalue weighted by atomic mass is 19.2. The summed E-state index contributed by atoms with van der Waals surface area (Å²) in [6.45, 7) is 1.81. The van der Waals surface area contributed by atoms with Gasteiger partial charge >= 0.3 is 0 Å². The van der Waals surface area contributed by atoms with Gasteiger partial charge in [0, 0.05) is 16.7 Å². The standard InChI is InChI=1S/C32H21F7/c1-2-3-4-26(33)31(38)21-10-7-19(8-11-21)5-6-20-9-13-24(27(34)15-20)22-12-14-25(28(35)16-22)23-17-29(36)32(39)30(37)18-23/h3-18H,2H2,1H3/b4-3+,6-5+,31-26+. The quantitative estimate of drug-likeness (QED) is 0.0950. The molecule has 0 aromatic heterocycles. The fraction of sp³-hybridized carbons (Fsp3) is 0.0625. The van der Waals surface area contributed by atoms with E-state index in [0.717, 1.165) is 12.1 Å². The Labute approximate surface area is 221 Å². The van der Waals surface area contributed by atoms with Gasteiger partial charge in [-0.25, -0.2) is 30.7 Å². The van der Waals surface area contributed by atoms with Crippen molar-refractivity contribution >= 4 is 18.0 Å². The van der Waals surface area contributed by atoms with Crippen LogP contribution < -0.4 is 0 Å². The van der Waals surface area contributed by atoms with Crippen LogP contribution in [0, 0.1) is 29.1 Å². The molecular formula is C32H21F7. The number of hydrogen-bond donors (Lipinski definition) is 0. The Morgan fingerprint density at radius 2 is 1.15 bits per heavy atom. The van der Waals surface area contributed by atoms with Crippen LogP contribution in [0.1, 0.15) is 30.0 Å². The highest BCUT2D eigenvalue weighted by Gasteiger charge is 2.15. The van der Waals surface area contributed by atoms with Gasteiger partial charge in [0.1, 0.15) is 11.6 Å². The normalized spacial score (nSPS) is 12.4. The molecule has 0 aliphatic heterocycles. The maximum Gasteiger partial charge on any atom is 0.194 e. The molecule has 0 amide bonds. The van der Waals surface area contributed by atoms with Gasteiger partial charge in [-0.05, 0) is 59.0 Å². The zero-order valence-electron chi connectivity index (χ0n) is 20.6. The minimum Gasteiger partial charge on any atom is -0.206 e. The summed E-state index contributed by atoms with van der Waals surface area (Å²) in [5, 5.41) is 0. The molecule has 0 aliphatic rings. The third-order valence-electron chi connectivity index (χ3n) is 5.91. The molecule has 39 heavy (non-hydrogen) atoms. The second-order valence-electron chi connectivity index (χ2n) is 8.62. The fourth-order valence-corrected chi connectivity index (χ4v) is 3.86. The zero-order valence-corrected chi connectivity index (χ0v) is 20.6. The zero-order chi connectivity index (χ0) is 28.1. The van der Waals surface area contributed by atoms with Gasteiger partial charge in [-0.15, -0.1) is 0 Å². The van der Waals surface area contributed by atoms with Gasteiger partial charge in [0.2, 0.25) is 0 Å². The predicted molar refractivity (Wildman–Crippen MR) is 141 cm³/mol. The minimum atomic E-state index is -1.65. The van der Waals surface area contributed by atoms with Crippen LogP contribution in [0.5, 0.6) is 0 Å². The van der Waals surface area contributed by atoms with E-state index in [4.69, 9.17) is 0 Å². The Balaban J connectivity index is 1.52. The molecule has 7 heteroatoms. The lowest BCUT2D eigenvalue weighted by atomic mass is 9.98. The van der Waals surface area contributed by atoms with Gasteiger partial charge < -0.3 is 0 Å². The largest absolute Gasteiger partial charge is 0.206 e. The van der Waals surface area contributed by atoms with Crippen LogP contribution in [-0.2, 0) is 0 Å². The van der Waals surface area contributed by atoms with Crippen molar-refractivity contribution in [3.8, 4) is 22.3 Å². The molecule has 0 nitrogen and oxygen atoms in total. The monoisotopic (exact) mass is 538 g/mol. The molecule has 0 bridgehead atoms. The van der Waals surface area contributed by atoms with Gasteiger partial charge in [-0.3, -0.25) is 0 Å². The first-order valence-corrected chi connectivity index (χ1v) is 11.9. The molecule has 0 atom stereocenters.